The van der Waals surface area contributed by atoms with E-state index in [0.717, 1.165) is 78.6 Å². The molecular formula is C20H28N4O4S. The zero-order valence-corrected chi connectivity index (χ0v) is 17.5. The topological polar surface area (TPSA) is 96.0 Å². The fourth-order valence-electron chi connectivity index (χ4n) is 3.92. The van der Waals surface area contributed by atoms with Gasteiger partial charge in [-0.05, 0) is 37.8 Å². The molecule has 4 rings (SSSR count). The molecule has 1 aromatic carbocycles. The highest BCUT2D eigenvalue weighted by Gasteiger charge is 2.22. The van der Waals surface area contributed by atoms with Crippen molar-refractivity contribution in [1.82, 2.24) is 15.6 Å². The van der Waals surface area contributed by atoms with Crippen LogP contribution >= 0.6 is 11.3 Å². The molecule has 1 aliphatic carbocycles. The molecule has 1 saturated carbocycles. The summed E-state index contributed by atoms with van der Waals surface area (Å²) < 4.78 is 12.0. The number of aliphatic hydroxyl groups excluding tert-OH is 1. The fraction of sp³-hybridized carbons (Fsp3) is 0.600. The number of ether oxygens (including phenoxy) is 2. The summed E-state index contributed by atoms with van der Waals surface area (Å²) in [6.07, 6.45) is 2.89. The number of carbonyl (C=O) groups is 1. The van der Waals surface area contributed by atoms with Crippen LogP contribution in [-0.4, -0.2) is 61.7 Å². The molecule has 2 aromatic rings. The van der Waals surface area contributed by atoms with Crippen LogP contribution in [0.4, 0.5) is 10.5 Å². The largest absolute Gasteiger partial charge is 0.494 e. The standard InChI is InChI=1S/C20H28N4O4S/c1-27-16-7-6-15(24-8-10-28-11-9-24)19-18(16)23-17(29-19)12-21-20(26)22-13-2-4-14(25)5-3-13/h6-7,13-14,25H,2-5,8-12H2,1H3,(H2,21,22,26)/t13-,14+. The number of aliphatic hydroxyl groups is 1. The summed E-state index contributed by atoms with van der Waals surface area (Å²) in [6.45, 7) is 3.52. The van der Waals surface area contributed by atoms with Gasteiger partial charge >= 0.3 is 6.03 Å². The summed E-state index contributed by atoms with van der Waals surface area (Å²) in [6, 6.07) is 3.97. The molecule has 8 nitrogen and oxygen atoms in total. The number of amides is 2. The summed E-state index contributed by atoms with van der Waals surface area (Å²) in [7, 11) is 1.65. The Hall–Kier alpha value is -2.10. The number of morpholine rings is 1. The Bertz CT molecular complexity index is 844. The third kappa shape index (κ3) is 4.73. The van der Waals surface area contributed by atoms with E-state index in [4.69, 9.17) is 14.5 Å². The number of carbonyl (C=O) groups excluding carboxylic acids is 1. The molecular weight excluding hydrogens is 392 g/mol. The maximum absolute atomic E-state index is 12.3. The van der Waals surface area contributed by atoms with Crippen LogP contribution in [0, 0.1) is 0 Å². The lowest BCUT2D eigenvalue weighted by atomic mass is 9.93. The van der Waals surface area contributed by atoms with Gasteiger partial charge in [-0.3, -0.25) is 0 Å². The molecule has 3 N–H and O–H groups in total. The molecule has 2 aliphatic rings. The lowest BCUT2D eigenvalue weighted by Gasteiger charge is -2.29. The number of nitrogens with one attached hydrogen (secondary N) is 2. The molecule has 1 saturated heterocycles. The van der Waals surface area contributed by atoms with Gasteiger partial charge in [0, 0.05) is 19.1 Å². The average Bonchev–Trinajstić information content (AvgIpc) is 3.18. The first kappa shape index (κ1) is 20.2. The number of urea groups is 1. The van der Waals surface area contributed by atoms with Crippen LogP contribution in [0.25, 0.3) is 10.2 Å². The third-order valence-electron chi connectivity index (χ3n) is 5.53. The normalized spacial score (nSPS) is 22.5. The van der Waals surface area contributed by atoms with Gasteiger partial charge in [-0.1, -0.05) is 0 Å². The lowest BCUT2D eigenvalue weighted by molar-refractivity contribution is 0.117. The second kappa shape index (κ2) is 9.15. The molecule has 9 heteroatoms. The molecule has 2 fully saturated rings. The van der Waals surface area contributed by atoms with E-state index in [1.165, 1.54) is 0 Å². The van der Waals surface area contributed by atoms with Crippen LogP contribution in [0.3, 0.4) is 0 Å². The molecule has 2 heterocycles. The van der Waals surface area contributed by atoms with Gasteiger partial charge in [0.25, 0.3) is 0 Å². The first-order valence-electron chi connectivity index (χ1n) is 10.2. The van der Waals surface area contributed by atoms with Gasteiger partial charge in [-0.15, -0.1) is 11.3 Å². The predicted molar refractivity (Wildman–Crippen MR) is 113 cm³/mol. The van der Waals surface area contributed by atoms with Crippen LogP contribution in [0.5, 0.6) is 5.75 Å². The van der Waals surface area contributed by atoms with Gasteiger partial charge in [0.05, 0.1) is 43.4 Å². The van der Waals surface area contributed by atoms with E-state index in [0.29, 0.717) is 6.54 Å². The predicted octanol–water partition coefficient (Wildman–Crippen LogP) is 2.24. The average molecular weight is 421 g/mol. The van der Waals surface area contributed by atoms with E-state index in [9.17, 15) is 9.90 Å². The van der Waals surface area contributed by atoms with E-state index < -0.39 is 0 Å². The second-order valence-electron chi connectivity index (χ2n) is 7.50. The van der Waals surface area contributed by atoms with E-state index in [-0.39, 0.29) is 18.2 Å². The third-order valence-corrected chi connectivity index (χ3v) is 6.61. The first-order chi connectivity index (χ1) is 14.1. The van der Waals surface area contributed by atoms with E-state index in [1.54, 1.807) is 18.4 Å². The van der Waals surface area contributed by atoms with Gasteiger partial charge < -0.3 is 30.1 Å². The molecule has 0 atom stereocenters. The van der Waals surface area contributed by atoms with Crippen molar-refractivity contribution in [3.63, 3.8) is 0 Å². The van der Waals surface area contributed by atoms with Crippen molar-refractivity contribution >= 4 is 33.3 Å². The number of thiazole rings is 1. The van der Waals surface area contributed by atoms with Crippen molar-refractivity contribution in [2.75, 3.05) is 38.3 Å². The van der Waals surface area contributed by atoms with Gasteiger partial charge in [0.1, 0.15) is 16.3 Å². The van der Waals surface area contributed by atoms with Crippen molar-refractivity contribution < 1.29 is 19.4 Å². The number of aromatic nitrogens is 1. The number of methoxy groups -OCH3 is 1. The number of nitrogens with zero attached hydrogens (tertiary/aromatic N) is 2. The molecule has 2 amide bonds. The van der Waals surface area contributed by atoms with Gasteiger partial charge in [-0.25, -0.2) is 9.78 Å². The summed E-state index contributed by atoms with van der Waals surface area (Å²) in [5, 5.41) is 16.3. The van der Waals surface area contributed by atoms with Gasteiger partial charge in [0.15, 0.2) is 0 Å². The summed E-state index contributed by atoms with van der Waals surface area (Å²) in [5.41, 5.74) is 1.97. The number of hydrogen-bond donors (Lipinski definition) is 3. The highest BCUT2D eigenvalue weighted by Crippen LogP contribution is 2.37. The summed E-state index contributed by atoms with van der Waals surface area (Å²) >= 11 is 1.59. The number of hydrogen-bond acceptors (Lipinski definition) is 7. The van der Waals surface area contributed by atoms with Crippen molar-refractivity contribution in [3.05, 3.63) is 17.1 Å². The van der Waals surface area contributed by atoms with Crippen LogP contribution in [0.2, 0.25) is 0 Å². The Morgan fingerprint density at radius 2 is 2.07 bits per heavy atom. The molecule has 1 aromatic heterocycles. The molecule has 29 heavy (non-hydrogen) atoms. The van der Waals surface area contributed by atoms with E-state index in [2.05, 4.69) is 21.6 Å². The minimum Gasteiger partial charge on any atom is -0.494 e. The van der Waals surface area contributed by atoms with E-state index >= 15 is 0 Å². The van der Waals surface area contributed by atoms with Gasteiger partial charge in [0.2, 0.25) is 0 Å². The van der Waals surface area contributed by atoms with Crippen molar-refractivity contribution in [1.29, 1.82) is 0 Å². The van der Waals surface area contributed by atoms with Crippen molar-refractivity contribution in [3.8, 4) is 5.75 Å². The molecule has 0 spiro atoms. The lowest BCUT2D eigenvalue weighted by Crippen LogP contribution is -2.43. The summed E-state index contributed by atoms with van der Waals surface area (Å²) in [5.74, 6) is 0.740. The number of fused-ring (bicyclic) bond motifs is 1. The molecule has 0 bridgehead atoms. The van der Waals surface area contributed by atoms with Crippen LogP contribution in [0.15, 0.2) is 12.1 Å². The Balaban J connectivity index is 1.44. The van der Waals surface area contributed by atoms with E-state index in [1.807, 2.05) is 6.07 Å². The number of benzene rings is 1. The van der Waals surface area contributed by atoms with Gasteiger partial charge in [-0.2, -0.15) is 0 Å². The monoisotopic (exact) mass is 420 g/mol. The fourth-order valence-corrected chi connectivity index (χ4v) is 4.98. The van der Waals surface area contributed by atoms with Crippen molar-refractivity contribution in [2.45, 2.75) is 44.4 Å². The highest BCUT2D eigenvalue weighted by atomic mass is 32.1. The Kier molecular flexibility index (Phi) is 6.37. The first-order valence-corrected chi connectivity index (χ1v) is 11.0. The maximum Gasteiger partial charge on any atom is 0.315 e. The van der Waals surface area contributed by atoms with Crippen LogP contribution in [-0.2, 0) is 11.3 Å². The Morgan fingerprint density at radius 1 is 1.31 bits per heavy atom. The minimum absolute atomic E-state index is 0.127. The number of rotatable bonds is 5. The quantitative estimate of drug-likeness (QED) is 0.687. The maximum atomic E-state index is 12.3. The SMILES string of the molecule is COc1ccc(N2CCOCC2)c2sc(CNC(=O)N[C@H]3CC[C@@H](O)CC3)nc12. The highest BCUT2D eigenvalue weighted by molar-refractivity contribution is 7.19. The Labute approximate surface area is 174 Å². The summed E-state index contributed by atoms with van der Waals surface area (Å²) in [4.78, 5) is 19.3. The molecule has 0 radical (unpaired) electrons. The minimum atomic E-state index is -0.227. The zero-order chi connectivity index (χ0) is 20.2. The Morgan fingerprint density at radius 3 is 2.79 bits per heavy atom. The zero-order valence-electron chi connectivity index (χ0n) is 16.6. The van der Waals surface area contributed by atoms with Crippen LogP contribution in [0.1, 0.15) is 30.7 Å². The number of anilines is 1. The second-order valence-corrected chi connectivity index (χ2v) is 8.59. The van der Waals surface area contributed by atoms with Crippen LogP contribution < -0.4 is 20.3 Å². The smallest absolute Gasteiger partial charge is 0.315 e. The molecule has 0 unspecified atom stereocenters. The molecule has 1 aliphatic heterocycles. The molecule has 158 valence electrons. The van der Waals surface area contributed by atoms with Crippen molar-refractivity contribution in [2.24, 2.45) is 0 Å².